The lowest BCUT2D eigenvalue weighted by Gasteiger charge is -2.34. The second-order valence-electron chi connectivity index (χ2n) is 7.70. The van der Waals surface area contributed by atoms with Gasteiger partial charge in [-0.25, -0.2) is 4.79 Å². The van der Waals surface area contributed by atoms with Gasteiger partial charge in [0.2, 0.25) is 5.43 Å². The number of likely N-dealkylation sites (tertiary alicyclic amines) is 1. The molecule has 0 radical (unpaired) electrons. The highest BCUT2D eigenvalue weighted by molar-refractivity contribution is 5.67. The molecular weight excluding hydrogens is 324 g/mol. The Morgan fingerprint density at radius 2 is 2.20 bits per heavy atom. The third-order valence-corrected chi connectivity index (χ3v) is 4.09. The fraction of sp³-hybridized carbons (Fsp3) is 0.667. The lowest BCUT2D eigenvalue weighted by Crippen LogP contribution is -2.42. The minimum absolute atomic E-state index is 0.311. The predicted molar refractivity (Wildman–Crippen MR) is 93.5 cm³/mol. The number of nitrogens with zero attached hydrogens (tertiary/aromatic N) is 2. The van der Waals surface area contributed by atoms with Crippen LogP contribution in [0.15, 0.2) is 21.5 Å². The molecule has 1 aliphatic heterocycles. The van der Waals surface area contributed by atoms with Crippen molar-refractivity contribution in [1.29, 1.82) is 0 Å². The molecule has 25 heavy (non-hydrogen) atoms. The van der Waals surface area contributed by atoms with Crippen LogP contribution in [0.1, 0.15) is 39.4 Å². The molecule has 1 aliphatic rings. The van der Waals surface area contributed by atoms with Crippen molar-refractivity contribution in [2.75, 3.05) is 26.7 Å². The lowest BCUT2D eigenvalue weighted by molar-refractivity contribution is 0.0239. The Bertz CT molecular complexity index is 650. The lowest BCUT2D eigenvalue weighted by atomic mass is 9.97. The second kappa shape index (κ2) is 7.91. The molecule has 7 nitrogen and oxygen atoms in total. The molecule has 0 bridgehead atoms. The molecule has 1 saturated heterocycles. The minimum Gasteiger partial charge on any atom is -0.502 e. The van der Waals surface area contributed by atoms with E-state index in [0.717, 1.165) is 32.2 Å². The van der Waals surface area contributed by atoms with Crippen molar-refractivity contribution in [3.8, 4) is 5.75 Å². The van der Waals surface area contributed by atoms with Gasteiger partial charge in [-0.05, 0) is 46.1 Å². The van der Waals surface area contributed by atoms with Gasteiger partial charge in [0, 0.05) is 26.2 Å². The van der Waals surface area contributed by atoms with E-state index in [4.69, 9.17) is 9.15 Å². The Morgan fingerprint density at radius 3 is 2.84 bits per heavy atom. The van der Waals surface area contributed by atoms with E-state index in [-0.39, 0.29) is 11.8 Å². The first-order chi connectivity index (χ1) is 11.6. The summed E-state index contributed by atoms with van der Waals surface area (Å²) in [6, 6.07) is 1.33. The van der Waals surface area contributed by atoms with Crippen molar-refractivity contribution in [3.05, 3.63) is 28.3 Å². The molecule has 7 heteroatoms. The fourth-order valence-electron chi connectivity index (χ4n) is 2.99. The molecule has 140 valence electrons. The molecule has 0 spiro atoms. The van der Waals surface area contributed by atoms with Gasteiger partial charge in [0.25, 0.3) is 0 Å². The van der Waals surface area contributed by atoms with Crippen molar-refractivity contribution >= 4 is 6.09 Å². The summed E-state index contributed by atoms with van der Waals surface area (Å²) in [5.74, 6) is 0.498. The maximum absolute atomic E-state index is 12.1. The average Bonchev–Trinajstić information content (AvgIpc) is 2.49. The van der Waals surface area contributed by atoms with Gasteiger partial charge in [0.05, 0.1) is 6.54 Å². The maximum Gasteiger partial charge on any atom is 0.410 e. The number of piperidine rings is 1. The highest BCUT2D eigenvalue weighted by Gasteiger charge is 2.25. The zero-order chi connectivity index (χ0) is 18.6. The van der Waals surface area contributed by atoms with Crippen LogP contribution in [0.5, 0.6) is 5.75 Å². The molecule has 1 amide bonds. The number of rotatable bonds is 4. The molecule has 0 aromatic carbocycles. The summed E-state index contributed by atoms with van der Waals surface area (Å²) < 4.78 is 10.7. The number of hydrogen-bond acceptors (Lipinski definition) is 6. The van der Waals surface area contributed by atoms with Crippen molar-refractivity contribution in [1.82, 2.24) is 9.80 Å². The Kier molecular flexibility index (Phi) is 6.11. The zero-order valence-electron chi connectivity index (χ0n) is 15.4. The van der Waals surface area contributed by atoms with E-state index in [0.29, 0.717) is 24.8 Å². The number of amides is 1. The monoisotopic (exact) mass is 352 g/mol. The van der Waals surface area contributed by atoms with Crippen LogP contribution in [0.2, 0.25) is 0 Å². The van der Waals surface area contributed by atoms with Crippen LogP contribution in [0.3, 0.4) is 0 Å². The summed E-state index contributed by atoms with van der Waals surface area (Å²) in [7, 11) is 1.76. The second-order valence-corrected chi connectivity index (χ2v) is 7.70. The van der Waals surface area contributed by atoms with Crippen molar-refractivity contribution in [3.63, 3.8) is 0 Å². The van der Waals surface area contributed by atoms with Crippen LogP contribution in [-0.2, 0) is 11.3 Å². The molecular formula is C18H28N2O5. The molecule has 1 aromatic heterocycles. The van der Waals surface area contributed by atoms with Crippen LogP contribution in [0.4, 0.5) is 4.79 Å². The van der Waals surface area contributed by atoms with Crippen molar-refractivity contribution in [2.45, 2.75) is 45.8 Å². The van der Waals surface area contributed by atoms with Crippen LogP contribution in [0.25, 0.3) is 0 Å². The predicted octanol–water partition coefficient (Wildman–Crippen LogP) is 2.42. The fourth-order valence-corrected chi connectivity index (χ4v) is 2.99. The SMILES string of the molecule is CN(CC1CCCN(Cc2cc(=O)c(O)co2)C1)C(=O)OC(C)(C)C. The molecule has 2 heterocycles. The first-order valence-electron chi connectivity index (χ1n) is 8.61. The number of ether oxygens (including phenoxy) is 1. The van der Waals surface area contributed by atoms with Gasteiger partial charge in [0.15, 0.2) is 5.75 Å². The standard InChI is InChI=1S/C18H28N2O5/c1-18(2,3)25-17(23)19(4)9-13-6-5-7-20(10-13)11-14-8-15(21)16(22)12-24-14/h8,12-13,22H,5-7,9-11H2,1-4H3. The molecule has 1 fully saturated rings. The van der Waals surface area contributed by atoms with Gasteiger partial charge in [-0.3, -0.25) is 9.69 Å². The molecule has 1 unspecified atom stereocenters. The minimum atomic E-state index is -0.500. The molecule has 0 aliphatic carbocycles. The van der Waals surface area contributed by atoms with Crippen LogP contribution in [0, 0.1) is 5.92 Å². The largest absolute Gasteiger partial charge is 0.502 e. The molecule has 1 N–H and O–H groups in total. The normalized spacial score (nSPS) is 18.8. The number of aromatic hydroxyl groups is 1. The first-order valence-corrected chi connectivity index (χ1v) is 8.61. The molecule has 0 saturated carbocycles. The van der Waals surface area contributed by atoms with Crippen LogP contribution in [-0.4, -0.2) is 53.3 Å². The number of hydrogen-bond donors (Lipinski definition) is 1. The van der Waals surface area contributed by atoms with Gasteiger partial charge in [-0.15, -0.1) is 0 Å². The highest BCUT2D eigenvalue weighted by atomic mass is 16.6. The van der Waals surface area contributed by atoms with Crippen molar-refractivity contribution < 1.29 is 19.1 Å². The van der Waals surface area contributed by atoms with Crippen LogP contribution < -0.4 is 5.43 Å². The van der Waals surface area contributed by atoms with Gasteiger partial charge >= 0.3 is 6.09 Å². The summed E-state index contributed by atoms with van der Waals surface area (Å²) in [6.07, 6.45) is 2.84. The summed E-state index contributed by atoms with van der Waals surface area (Å²) in [4.78, 5) is 27.4. The average molecular weight is 352 g/mol. The summed E-state index contributed by atoms with van der Waals surface area (Å²) >= 11 is 0. The topological polar surface area (TPSA) is 83.2 Å². The quantitative estimate of drug-likeness (QED) is 0.896. The third kappa shape index (κ3) is 6.08. The Labute approximate surface area is 148 Å². The third-order valence-electron chi connectivity index (χ3n) is 4.09. The van der Waals surface area contributed by atoms with E-state index in [2.05, 4.69) is 4.90 Å². The van der Waals surface area contributed by atoms with E-state index in [9.17, 15) is 14.7 Å². The summed E-state index contributed by atoms with van der Waals surface area (Å²) in [5.41, 5.74) is -0.931. The smallest absolute Gasteiger partial charge is 0.410 e. The number of carbonyl (C=O) groups is 1. The van der Waals surface area contributed by atoms with E-state index in [1.807, 2.05) is 20.8 Å². The first kappa shape index (κ1) is 19.3. The Balaban J connectivity index is 1.88. The van der Waals surface area contributed by atoms with E-state index in [1.54, 1.807) is 11.9 Å². The Hall–Kier alpha value is -2.02. The van der Waals surface area contributed by atoms with Gasteiger partial charge in [-0.1, -0.05) is 0 Å². The Morgan fingerprint density at radius 1 is 1.48 bits per heavy atom. The van der Waals surface area contributed by atoms with Gasteiger partial charge in [-0.2, -0.15) is 0 Å². The zero-order valence-corrected chi connectivity index (χ0v) is 15.4. The van der Waals surface area contributed by atoms with Gasteiger partial charge < -0.3 is 19.2 Å². The van der Waals surface area contributed by atoms with E-state index in [1.165, 1.54) is 6.07 Å². The van der Waals surface area contributed by atoms with Crippen molar-refractivity contribution in [2.24, 2.45) is 5.92 Å². The maximum atomic E-state index is 12.1. The summed E-state index contributed by atoms with van der Waals surface area (Å²) in [5, 5.41) is 9.25. The molecule has 1 aromatic rings. The van der Waals surface area contributed by atoms with E-state index < -0.39 is 11.0 Å². The van der Waals surface area contributed by atoms with E-state index >= 15 is 0 Å². The molecule has 1 atom stereocenters. The highest BCUT2D eigenvalue weighted by Crippen LogP contribution is 2.20. The number of carbonyl (C=O) groups excluding carboxylic acids is 1. The summed E-state index contributed by atoms with van der Waals surface area (Å²) in [6.45, 7) is 8.44. The molecule has 2 rings (SSSR count). The van der Waals surface area contributed by atoms with Crippen LogP contribution >= 0.6 is 0 Å². The van der Waals surface area contributed by atoms with Gasteiger partial charge in [0.1, 0.15) is 17.6 Å².